The van der Waals surface area contributed by atoms with Crippen molar-refractivity contribution in [2.45, 2.75) is 25.7 Å². The molecule has 29 heavy (non-hydrogen) atoms. The Labute approximate surface area is 165 Å². The van der Waals surface area contributed by atoms with E-state index < -0.39 is 6.36 Å². The van der Waals surface area contributed by atoms with Gasteiger partial charge in [0.1, 0.15) is 11.6 Å². The predicted molar refractivity (Wildman–Crippen MR) is 99.4 cm³/mol. The quantitative estimate of drug-likeness (QED) is 0.818. The van der Waals surface area contributed by atoms with Crippen molar-refractivity contribution in [3.05, 3.63) is 52.3 Å². The van der Waals surface area contributed by atoms with Crippen LogP contribution in [0.2, 0.25) is 0 Å². The molecule has 0 saturated carbocycles. The monoisotopic (exact) mass is 410 g/mol. The third kappa shape index (κ3) is 5.72. The number of alkyl halides is 3. The molecule has 1 fully saturated rings. The van der Waals surface area contributed by atoms with Gasteiger partial charge in [0.05, 0.1) is 5.92 Å². The fourth-order valence-electron chi connectivity index (χ4n) is 3.20. The number of nitrogens with one attached hydrogen (secondary N) is 1. The minimum absolute atomic E-state index is 0.130. The van der Waals surface area contributed by atoms with E-state index in [1.54, 1.807) is 13.1 Å². The zero-order chi connectivity index (χ0) is 21.0. The van der Waals surface area contributed by atoms with Gasteiger partial charge in [0.15, 0.2) is 0 Å². The third-order valence-electron chi connectivity index (χ3n) is 4.69. The lowest BCUT2D eigenvalue weighted by atomic mass is 9.97. The number of piperidine rings is 1. The molecule has 1 amide bonds. The van der Waals surface area contributed by atoms with E-state index in [0.29, 0.717) is 17.9 Å². The van der Waals surface area contributed by atoms with Crippen molar-refractivity contribution in [3.8, 4) is 5.75 Å². The van der Waals surface area contributed by atoms with Crippen molar-refractivity contribution in [1.82, 2.24) is 15.1 Å². The molecule has 2 heterocycles. The molecule has 10 heteroatoms. The van der Waals surface area contributed by atoms with Gasteiger partial charge in [0, 0.05) is 32.7 Å². The maximum atomic E-state index is 12.5. The molecule has 3 rings (SSSR count). The zero-order valence-corrected chi connectivity index (χ0v) is 15.8. The molecule has 0 radical (unpaired) electrons. The summed E-state index contributed by atoms with van der Waals surface area (Å²) in [6, 6.07) is 8.46. The van der Waals surface area contributed by atoms with Crippen LogP contribution in [0, 0.1) is 5.92 Å². The highest BCUT2D eigenvalue weighted by Crippen LogP contribution is 2.23. The molecule has 1 atom stereocenters. The molecule has 1 saturated heterocycles. The van der Waals surface area contributed by atoms with E-state index in [0.717, 1.165) is 19.4 Å². The molecule has 0 bridgehead atoms. The van der Waals surface area contributed by atoms with Gasteiger partial charge in [0.2, 0.25) is 5.91 Å². The molecule has 1 aliphatic rings. The predicted octanol–water partition coefficient (Wildman–Crippen LogP) is 2.21. The number of aromatic nitrogens is 2. The number of hydrogen-bond acceptors (Lipinski definition) is 5. The lowest BCUT2D eigenvalue weighted by molar-refractivity contribution is -0.274. The molecule has 0 spiro atoms. The number of rotatable bonds is 5. The molecule has 1 aromatic heterocycles. The summed E-state index contributed by atoms with van der Waals surface area (Å²) < 4.78 is 41.7. The summed E-state index contributed by atoms with van der Waals surface area (Å²) in [6.07, 6.45) is -3.19. The number of nitrogens with zero attached hydrogens (tertiary/aromatic N) is 3. The zero-order valence-electron chi connectivity index (χ0n) is 15.8. The largest absolute Gasteiger partial charge is 0.573 e. The molecule has 1 aromatic carbocycles. The molecule has 7 nitrogen and oxygen atoms in total. The molecule has 1 aliphatic heterocycles. The summed E-state index contributed by atoms with van der Waals surface area (Å²) in [7, 11) is 1.57. The molecule has 0 unspecified atom stereocenters. The van der Waals surface area contributed by atoms with Gasteiger partial charge in [-0.1, -0.05) is 12.1 Å². The number of aryl methyl sites for hydroxylation is 1. The van der Waals surface area contributed by atoms with Gasteiger partial charge in [0.25, 0.3) is 5.56 Å². The molecule has 0 aliphatic carbocycles. The Morgan fingerprint density at radius 1 is 1.24 bits per heavy atom. The Morgan fingerprint density at radius 3 is 2.62 bits per heavy atom. The van der Waals surface area contributed by atoms with Crippen LogP contribution in [-0.2, 0) is 18.4 Å². The Morgan fingerprint density at radius 2 is 1.97 bits per heavy atom. The van der Waals surface area contributed by atoms with E-state index in [1.807, 2.05) is 4.90 Å². The van der Waals surface area contributed by atoms with Gasteiger partial charge < -0.3 is 15.0 Å². The van der Waals surface area contributed by atoms with Crippen LogP contribution >= 0.6 is 0 Å². The maximum Gasteiger partial charge on any atom is 0.573 e. The topological polar surface area (TPSA) is 76.5 Å². The van der Waals surface area contributed by atoms with Gasteiger partial charge in [-0.15, -0.1) is 13.2 Å². The third-order valence-corrected chi connectivity index (χ3v) is 4.69. The van der Waals surface area contributed by atoms with Crippen molar-refractivity contribution in [2.24, 2.45) is 13.0 Å². The number of amides is 1. The van der Waals surface area contributed by atoms with Crippen molar-refractivity contribution in [2.75, 3.05) is 18.0 Å². The first kappa shape index (κ1) is 20.7. The van der Waals surface area contributed by atoms with Crippen LogP contribution in [0.1, 0.15) is 18.4 Å². The van der Waals surface area contributed by atoms with Crippen LogP contribution in [0.3, 0.4) is 0 Å². The number of halogens is 3. The van der Waals surface area contributed by atoms with Gasteiger partial charge >= 0.3 is 6.36 Å². The Kier molecular flexibility index (Phi) is 6.09. The summed E-state index contributed by atoms with van der Waals surface area (Å²) in [5.74, 6) is -0.0316. The second kappa shape index (κ2) is 8.54. The van der Waals surface area contributed by atoms with Crippen molar-refractivity contribution in [3.63, 3.8) is 0 Å². The van der Waals surface area contributed by atoms with Crippen LogP contribution in [0.25, 0.3) is 0 Å². The fraction of sp³-hybridized carbons (Fsp3) is 0.421. The number of carbonyl (C=O) groups excluding carboxylic acids is 1. The van der Waals surface area contributed by atoms with E-state index >= 15 is 0 Å². The number of hydrogen-bond donors (Lipinski definition) is 1. The van der Waals surface area contributed by atoms with Crippen LogP contribution in [0.5, 0.6) is 5.75 Å². The maximum absolute atomic E-state index is 12.5. The van der Waals surface area contributed by atoms with Gasteiger partial charge in [-0.05, 0) is 36.6 Å². The van der Waals surface area contributed by atoms with Crippen molar-refractivity contribution >= 4 is 11.7 Å². The minimum Gasteiger partial charge on any atom is -0.406 e. The average Bonchev–Trinajstić information content (AvgIpc) is 2.68. The smallest absolute Gasteiger partial charge is 0.406 e. The highest BCUT2D eigenvalue weighted by Gasteiger charge is 2.31. The van der Waals surface area contributed by atoms with Crippen LogP contribution in [0.4, 0.5) is 19.0 Å². The second-order valence-electron chi connectivity index (χ2n) is 6.85. The molecular formula is C19H21F3N4O3. The summed E-state index contributed by atoms with van der Waals surface area (Å²) in [5.41, 5.74) is 0.465. The van der Waals surface area contributed by atoms with Gasteiger partial charge in [-0.25, -0.2) is 4.68 Å². The SMILES string of the molecule is Cn1nc(N2CCC[C@H](C(=O)NCc3ccc(OC(F)(F)F)cc3)C2)ccc1=O. The summed E-state index contributed by atoms with van der Waals surface area (Å²) in [4.78, 5) is 26.0. The van der Waals surface area contributed by atoms with Crippen LogP contribution < -0.4 is 20.5 Å². The first-order valence-corrected chi connectivity index (χ1v) is 9.13. The lowest BCUT2D eigenvalue weighted by Crippen LogP contribution is -2.43. The van der Waals surface area contributed by atoms with Gasteiger partial charge in [-0.3, -0.25) is 9.59 Å². The lowest BCUT2D eigenvalue weighted by Gasteiger charge is -2.32. The Hall–Kier alpha value is -3.04. The van der Waals surface area contributed by atoms with Crippen LogP contribution in [-0.4, -0.2) is 35.1 Å². The van der Waals surface area contributed by atoms with E-state index in [2.05, 4.69) is 15.2 Å². The minimum atomic E-state index is -4.73. The average molecular weight is 410 g/mol. The first-order chi connectivity index (χ1) is 13.7. The van der Waals surface area contributed by atoms with E-state index in [4.69, 9.17) is 0 Å². The number of carbonyl (C=O) groups is 1. The number of benzene rings is 1. The van der Waals surface area contributed by atoms with Crippen LogP contribution in [0.15, 0.2) is 41.2 Å². The molecule has 1 N–H and O–H groups in total. The molecule has 156 valence electrons. The summed E-state index contributed by atoms with van der Waals surface area (Å²) in [6.45, 7) is 1.44. The van der Waals surface area contributed by atoms with Gasteiger partial charge in [-0.2, -0.15) is 5.10 Å². The summed E-state index contributed by atoms with van der Waals surface area (Å²) in [5, 5.41) is 7.05. The van der Waals surface area contributed by atoms with Crippen molar-refractivity contribution < 1.29 is 22.7 Å². The first-order valence-electron chi connectivity index (χ1n) is 9.13. The second-order valence-corrected chi connectivity index (χ2v) is 6.85. The van der Waals surface area contributed by atoms with E-state index in [-0.39, 0.29) is 29.7 Å². The normalized spacial score (nSPS) is 17.1. The molecular weight excluding hydrogens is 389 g/mol. The van der Waals surface area contributed by atoms with E-state index in [1.165, 1.54) is 35.0 Å². The Balaban J connectivity index is 1.55. The van der Waals surface area contributed by atoms with E-state index in [9.17, 15) is 22.8 Å². The number of ether oxygens (including phenoxy) is 1. The Bertz CT molecular complexity index is 912. The highest BCUT2D eigenvalue weighted by atomic mass is 19.4. The number of anilines is 1. The standard InChI is InChI=1S/C19H21F3N4O3/c1-25-17(27)9-8-16(24-25)26-10-2-3-14(12-26)18(28)23-11-13-4-6-15(7-5-13)29-19(20,21)22/h4-9,14H,2-3,10-12H2,1H3,(H,23,28)/t14-/m0/s1. The summed E-state index contributed by atoms with van der Waals surface area (Å²) >= 11 is 0. The van der Waals surface area contributed by atoms with Crippen molar-refractivity contribution in [1.29, 1.82) is 0 Å². The fourth-order valence-corrected chi connectivity index (χ4v) is 3.20. The highest BCUT2D eigenvalue weighted by molar-refractivity contribution is 5.79. The molecule has 2 aromatic rings.